The quantitative estimate of drug-likeness (QED) is 0.617. The van der Waals surface area contributed by atoms with E-state index in [0.717, 1.165) is 11.1 Å². The summed E-state index contributed by atoms with van der Waals surface area (Å²) >= 11 is 0. The lowest BCUT2D eigenvalue weighted by Gasteiger charge is -2.22. The van der Waals surface area contributed by atoms with E-state index in [1.807, 2.05) is 18.2 Å². The zero-order valence-corrected chi connectivity index (χ0v) is 10.1. The molecule has 94 valence electrons. The highest BCUT2D eigenvalue weighted by atomic mass is 16.5. The Labute approximate surface area is 105 Å². The summed E-state index contributed by atoms with van der Waals surface area (Å²) in [5.41, 5.74) is 1.84. The maximum atomic E-state index is 9.65. The van der Waals surface area contributed by atoms with Gasteiger partial charge in [0.05, 0.1) is 13.2 Å². The second-order valence-electron chi connectivity index (χ2n) is 4.61. The fraction of sp³-hybridized carbons (Fsp3) is 0.357. The van der Waals surface area contributed by atoms with E-state index in [0.29, 0.717) is 17.9 Å². The summed E-state index contributed by atoms with van der Waals surface area (Å²) in [7, 11) is 1.61. The molecule has 1 aliphatic heterocycles. The highest BCUT2D eigenvalue weighted by Gasteiger charge is 2.39. The molecule has 4 heteroatoms. The third-order valence-electron chi connectivity index (χ3n) is 3.59. The van der Waals surface area contributed by atoms with Crippen LogP contribution in [0.2, 0.25) is 0 Å². The average Bonchev–Trinajstić information content (AvgIpc) is 2.75. The number of methoxy groups -OCH3 is 1. The summed E-state index contributed by atoms with van der Waals surface area (Å²) < 4.78 is 11.2. The molecule has 3 atom stereocenters. The number of rotatable bonds is 2. The molecule has 4 nitrogen and oxygen atoms in total. The van der Waals surface area contributed by atoms with E-state index in [-0.39, 0.29) is 12.0 Å². The predicted molar refractivity (Wildman–Crippen MR) is 67.8 cm³/mol. The number of aliphatic hydroxyl groups is 1. The Morgan fingerprint density at radius 2 is 2.28 bits per heavy atom. The molecule has 1 heterocycles. The fourth-order valence-corrected chi connectivity index (χ4v) is 2.74. The van der Waals surface area contributed by atoms with Crippen molar-refractivity contribution in [2.75, 3.05) is 7.11 Å². The molecule has 2 N–H and O–H groups in total. The lowest BCUT2D eigenvalue weighted by Crippen LogP contribution is -2.27. The van der Waals surface area contributed by atoms with Gasteiger partial charge in [-0.3, -0.25) is 0 Å². The predicted octanol–water partition coefficient (Wildman–Crippen LogP) is 1.86. The van der Waals surface area contributed by atoms with Gasteiger partial charge in [0.2, 0.25) is 0 Å². The van der Waals surface area contributed by atoms with Crippen LogP contribution in [0.5, 0.6) is 11.5 Å². The third-order valence-corrected chi connectivity index (χ3v) is 3.59. The third kappa shape index (κ3) is 1.53. The molecule has 1 aromatic carbocycles. The van der Waals surface area contributed by atoms with E-state index in [9.17, 15) is 5.11 Å². The van der Waals surface area contributed by atoms with E-state index in [1.54, 1.807) is 13.2 Å². The molecule has 0 amide bonds. The van der Waals surface area contributed by atoms with Gasteiger partial charge in [-0.1, -0.05) is 12.2 Å². The van der Waals surface area contributed by atoms with Gasteiger partial charge < -0.3 is 20.0 Å². The van der Waals surface area contributed by atoms with Crippen LogP contribution in [-0.4, -0.2) is 30.6 Å². The lowest BCUT2D eigenvalue weighted by atomic mass is 9.85. The number of ether oxygens (including phenoxy) is 2. The molecular formula is C14H15NO3. The molecule has 1 aromatic rings. The molecule has 1 aliphatic carbocycles. The Morgan fingerprint density at radius 1 is 1.44 bits per heavy atom. The first kappa shape index (κ1) is 11.3. The smallest absolute Gasteiger partial charge is 0.166 e. The van der Waals surface area contributed by atoms with Gasteiger partial charge in [0.15, 0.2) is 11.5 Å². The van der Waals surface area contributed by atoms with Crippen LogP contribution in [0.3, 0.4) is 0 Å². The zero-order chi connectivity index (χ0) is 12.7. The number of aliphatic hydroxyl groups excluding tert-OH is 1. The van der Waals surface area contributed by atoms with E-state index in [1.165, 1.54) is 6.21 Å². The molecule has 0 radical (unpaired) electrons. The van der Waals surface area contributed by atoms with Crippen molar-refractivity contribution < 1.29 is 14.6 Å². The van der Waals surface area contributed by atoms with Crippen LogP contribution in [0.15, 0.2) is 24.3 Å². The van der Waals surface area contributed by atoms with Crippen molar-refractivity contribution in [1.29, 1.82) is 5.41 Å². The van der Waals surface area contributed by atoms with Crippen LogP contribution < -0.4 is 9.47 Å². The highest BCUT2D eigenvalue weighted by Crippen LogP contribution is 2.48. The van der Waals surface area contributed by atoms with E-state index >= 15 is 0 Å². The molecule has 0 spiro atoms. The van der Waals surface area contributed by atoms with E-state index in [2.05, 4.69) is 0 Å². The summed E-state index contributed by atoms with van der Waals surface area (Å²) in [6.07, 6.45) is 5.17. The first-order valence-corrected chi connectivity index (χ1v) is 5.99. The molecule has 0 saturated carbocycles. The summed E-state index contributed by atoms with van der Waals surface area (Å²) in [5, 5.41) is 17.1. The van der Waals surface area contributed by atoms with Gasteiger partial charge in [0.1, 0.15) is 6.10 Å². The molecule has 18 heavy (non-hydrogen) atoms. The standard InChI is InChI=1S/C14H15NO3/c1-17-11-5-2-8(7-15)13-10-4-3-9(16)6-12(10)18-14(11)13/h2-5,7,9-10,12,15-16H,6H2,1H3/t9-,10?,12-/m0/s1. The Kier molecular flexibility index (Phi) is 2.59. The van der Waals surface area contributed by atoms with Crippen LogP contribution in [-0.2, 0) is 0 Å². The molecular weight excluding hydrogens is 230 g/mol. The molecule has 0 bridgehead atoms. The largest absolute Gasteiger partial charge is 0.493 e. The number of benzene rings is 1. The summed E-state index contributed by atoms with van der Waals surface area (Å²) in [6, 6.07) is 3.69. The molecule has 0 fully saturated rings. The number of fused-ring (bicyclic) bond motifs is 3. The zero-order valence-electron chi connectivity index (χ0n) is 10.1. The van der Waals surface area contributed by atoms with Crippen LogP contribution in [0.25, 0.3) is 0 Å². The minimum absolute atomic E-state index is 0.0602. The highest BCUT2D eigenvalue weighted by molar-refractivity contribution is 5.83. The van der Waals surface area contributed by atoms with Crippen LogP contribution in [0.1, 0.15) is 23.5 Å². The minimum atomic E-state index is -0.449. The van der Waals surface area contributed by atoms with Gasteiger partial charge in [0.25, 0.3) is 0 Å². The van der Waals surface area contributed by atoms with Crippen molar-refractivity contribution >= 4 is 6.21 Å². The minimum Gasteiger partial charge on any atom is -0.493 e. The van der Waals surface area contributed by atoms with Gasteiger partial charge in [-0.2, -0.15) is 0 Å². The number of hydrogen-bond donors (Lipinski definition) is 2. The molecule has 0 saturated heterocycles. The van der Waals surface area contributed by atoms with E-state index in [4.69, 9.17) is 14.9 Å². The second-order valence-corrected chi connectivity index (χ2v) is 4.61. The Bertz CT molecular complexity index is 524. The van der Waals surface area contributed by atoms with Gasteiger partial charge >= 0.3 is 0 Å². The maximum absolute atomic E-state index is 9.65. The molecule has 0 aromatic heterocycles. The van der Waals surface area contributed by atoms with Gasteiger partial charge in [-0.25, -0.2) is 0 Å². The van der Waals surface area contributed by atoms with E-state index < -0.39 is 6.10 Å². The topological polar surface area (TPSA) is 62.5 Å². The molecule has 2 aliphatic rings. The van der Waals surface area contributed by atoms with Crippen molar-refractivity contribution in [2.24, 2.45) is 0 Å². The van der Waals surface area contributed by atoms with Crippen LogP contribution in [0.4, 0.5) is 0 Å². The Balaban J connectivity index is 2.13. The van der Waals surface area contributed by atoms with Crippen molar-refractivity contribution in [3.05, 3.63) is 35.4 Å². The van der Waals surface area contributed by atoms with Crippen molar-refractivity contribution in [1.82, 2.24) is 0 Å². The second kappa shape index (κ2) is 4.14. The van der Waals surface area contributed by atoms with Crippen molar-refractivity contribution in [2.45, 2.75) is 24.5 Å². The summed E-state index contributed by atoms with van der Waals surface area (Å²) in [4.78, 5) is 0. The average molecular weight is 245 g/mol. The summed E-state index contributed by atoms with van der Waals surface area (Å²) in [6.45, 7) is 0. The van der Waals surface area contributed by atoms with Gasteiger partial charge in [-0.15, -0.1) is 0 Å². The monoisotopic (exact) mass is 245 g/mol. The van der Waals surface area contributed by atoms with Crippen LogP contribution >= 0.6 is 0 Å². The maximum Gasteiger partial charge on any atom is 0.166 e. The van der Waals surface area contributed by atoms with Crippen LogP contribution in [0, 0.1) is 5.41 Å². The first-order valence-electron chi connectivity index (χ1n) is 5.99. The number of hydrogen-bond acceptors (Lipinski definition) is 4. The molecule has 3 rings (SSSR count). The van der Waals surface area contributed by atoms with Gasteiger partial charge in [-0.05, 0) is 17.7 Å². The SMILES string of the molecule is COc1ccc(C=N)c2c1O[C@H]1C[C@@H](O)C=CC21. The molecule has 1 unspecified atom stereocenters. The van der Waals surface area contributed by atoms with Crippen molar-refractivity contribution in [3.63, 3.8) is 0 Å². The Hall–Kier alpha value is -1.81. The fourth-order valence-electron chi connectivity index (χ4n) is 2.74. The van der Waals surface area contributed by atoms with Gasteiger partial charge in [0, 0.05) is 24.1 Å². The van der Waals surface area contributed by atoms with Crippen molar-refractivity contribution in [3.8, 4) is 11.5 Å². The Morgan fingerprint density at radius 3 is 3.00 bits per heavy atom. The first-order chi connectivity index (χ1) is 8.74. The summed E-state index contributed by atoms with van der Waals surface area (Å²) in [5.74, 6) is 1.51. The lowest BCUT2D eigenvalue weighted by molar-refractivity contribution is 0.117. The number of nitrogens with one attached hydrogen (secondary N) is 1. The normalized spacial score (nSPS) is 28.2.